The fourth-order valence-corrected chi connectivity index (χ4v) is 2.56. The van der Waals surface area contributed by atoms with Crippen molar-refractivity contribution in [3.8, 4) is 11.3 Å². The monoisotopic (exact) mass is 330 g/mol. The van der Waals surface area contributed by atoms with Gasteiger partial charge in [-0.2, -0.15) is 0 Å². The van der Waals surface area contributed by atoms with Crippen LogP contribution in [0.2, 0.25) is 0 Å². The first-order valence-electron chi connectivity index (χ1n) is 7.62. The van der Waals surface area contributed by atoms with Crippen LogP contribution in [0, 0.1) is 0 Å². The number of aromatic nitrogens is 2. The van der Waals surface area contributed by atoms with E-state index in [1.165, 1.54) is 7.11 Å². The third-order valence-corrected chi connectivity index (χ3v) is 3.86. The average molecular weight is 330 g/mol. The largest absolute Gasteiger partial charge is 0.375 e. The number of hydrogen-bond donors (Lipinski definition) is 0. The third kappa shape index (κ3) is 3.43. The molecule has 24 heavy (non-hydrogen) atoms. The van der Waals surface area contributed by atoms with Crippen molar-refractivity contribution in [1.82, 2.24) is 19.9 Å². The Hall–Kier alpha value is -2.74. The van der Waals surface area contributed by atoms with Gasteiger partial charge < -0.3 is 19.1 Å². The summed E-state index contributed by atoms with van der Waals surface area (Å²) in [5.74, 6) is 0.234. The highest BCUT2D eigenvalue weighted by Gasteiger charge is 2.26. The summed E-state index contributed by atoms with van der Waals surface area (Å²) < 4.78 is 10.1. The van der Waals surface area contributed by atoms with Gasteiger partial charge >= 0.3 is 0 Å². The molecule has 1 saturated heterocycles. The minimum Gasteiger partial charge on any atom is -0.375 e. The number of hydrogen-bond acceptors (Lipinski definition) is 6. The summed E-state index contributed by atoms with van der Waals surface area (Å²) in [7, 11) is 1.49. The van der Waals surface area contributed by atoms with Crippen LogP contribution in [0.15, 0.2) is 35.1 Å². The molecule has 8 heteroatoms. The van der Waals surface area contributed by atoms with Crippen LogP contribution in [-0.4, -0.2) is 71.7 Å². The Morgan fingerprint density at radius 3 is 2.67 bits per heavy atom. The van der Waals surface area contributed by atoms with Crippen molar-refractivity contribution < 1.29 is 18.8 Å². The molecule has 0 atom stereocenters. The highest BCUT2D eigenvalue weighted by atomic mass is 16.5. The molecule has 2 amide bonds. The molecule has 126 valence electrons. The molecule has 2 aromatic rings. The first kappa shape index (κ1) is 16.1. The lowest BCUT2D eigenvalue weighted by Crippen LogP contribution is -2.51. The zero-order valence-corrected chi connectivity index (χ0v) is 13.3. The number of amides is 2. The van der Waals surface area contributed by atoms with Crippen LogP contribution < -0.4 is 0 Å². The molecule has 0 aromatic carbocycles. The first-order chi connectivity index (χ1) is 11.7. The van der Waals surface area contributed by atoms with Gasteiger partial charge in [0.15, 0.2) is 11.5 Å². The molecular formula is C16H18N4O4. The number of ether oxygens (including phenoxy) is 1. The molecule has 3 rings (SSSR count). The van der Waals surface area contributed by atoms with E-state index in [-0.39, 0.29) is 24.1 Å². The SMILES string of the molecule is COCC(=O)N1CCN(C(=O)c2cc(-c3cccnc3)on2)CC1. The van der Waals surface area contributed by atoms with E-state index in [1.807, 2.05) is 6.07 Å². The molecule has 0 unspecified atom stereocenters. The third-order valence-electron chi connectivity index (χ3n) is 3.86. The molecule has 0 N–H and O–H groups in total. The second-order valence-electron chi connectivity index (χ2n) is 5.42. The smallest absolute Gasteiger partial charge is 0.276 e. The van der Waals surface area contributed by atoms with E-state index in [0.717, 1.165) is 5.56 Å². The zero-order chi connectivity index (χ0) is 16.9. The van der Waals surface area contributed by atoms with E-state index in [4.69, 9.17) is 9.26 Å². The maximum atomic E-state index is 12.5. The van der Waals surface area contributed by atoms with E-state index in [1.54, 1.807) is 34.3 Å². The van der Waals surface area contributed by atoms with Gasteiger partial charge in [-0.15, -0.1) is 0 Å². The second-order valence-corrected chi connectivity index (χ2v) is 5.42. The van der Waals surface area contributed by atoms with Gasteiger partial charge in [0.25, 0.3) is 5.91 Å². The molecule has 1 aliphatic rings. The van der Waals surface area contributed by atoms with Crippen molar-refractivity contribution in [3.05, 3.63) is 36.3 Å². The Labute approximate surface area is 139 Å². The Bertz CT molecular complexity index is 708. The summed E-state index contributed by atoms with van der Waals surface area (Å²) in [4.78, 5) is 31.6. The Morgan fingerprint density at radius 1 is 1.25 bits per heavy atom. The number of rotatable bonds is 4. The van der Waals surface area contributed by atoms with Gasteiger partial charge in [-0.05, 0) is 12.1 Å². The predicted octanol–water partition coefficient (Wildman–Crippen LogP) is 0.667. The van der Waals surface area contributed by atoms with E-state index < -0.39 is 0 Å². The second kappa shape index (κ2) is 7.22. The molecule has 0 saturated carbocycles. The average Bonchev–Trinajstić information content (AvgIpc) is 3.12. The van der Waals surface area contributed by atoms with Gasteiger partial charge in [-0.3, -0.25) is 14.6 Å². The summed E-state index contributed by atoms with van der Waals surface area (Å²) in [6.07, 6.45) is 3.31. The molecule has 2 aromatic heterocycles. The van der Waals surface area contributed by atoms with Crippen LogP contribution >= 0.6 is 0 Å². The van der Waals surface area contributed by atoms with Gasteiger partial charge in [-0.1, -0.05) is 5.16 Å². The topological polar surface area (TPSA) is 88.8 Å². The van der Waals surface area contributed by atoms with Crippen molar-refractivity contribution >= 4 is 11.8 Å². The number of carbonyl (C=O) groups is 2. The van der Waals surface area contributed by atoms with E-state index >= 15 is 0 Å². The van der Waals surface area contributed by atoms with Crippen LogP contribution in [0.4, 0.5) is 0 Å². The highest BCUT2D eigenvalue weighted by Crippen LogP contribution is 2.20. The van der Waals surface area contributed by atoms with Crippen molar-refractivity contribution in [1.29, 1.82) is 0 Å². The maximum Gasteiger partial charge on any atom is 0.276 e. The first-order valence-corrected chi connectivity index (χ1v) is 7.62. The summed E-state index contributed by atoms with van der Waals surface area (Å²) >= 11 is 0. The molecule has 1 fully saturated rings. The van der Waals surface area contributed by atoms with E-state index in [9.17, 15) is 9.59 Å². The Balaban J connectivity index is 1.62. The molecule has 8 nitrogen and oxygen atoms in total. The van der Waals surface area contributed by atoms with Gasteiger partial charge in [0.05, 0.1) is 0 Å². The predicted molar refractivity (Wildman–Crippen MR) is 84.1 cm³/mol. The Morgan fingerprint density at radius 2 is 2.00 bits per heavy atom. The molecule has 0 bridgehead atoms. The molecule has 0 spiro atoms. The molecule has 0 radical (unpaired) electrons. The normalized spacial score (nSPS) is 14.7. The zero-order valence-electron chi connectivity index (χ0n) is 13.3. The summed E-state index contributed by atoms with van der Waals surface area (Å²) in [5, 5.41) is 3.86. The number of carbonyl (C=O) groups excluding carboxylic acids is 2. The molecule has 0 aliphatic carbocycles. The Kier molecular flexibility index (Phi) is 4.85. The van der Waals surface area contributed by atoms with Crippen molar-refractivity contribution in [2.45, 2.75) is 0 Å². The van der Waals surface area contributed by atoms with Crippen molar-refractivity contribution in [2.75, 3.05) is 39.9 Å². The van der Waals surface area contributed by atoms with Crippen LogP contribution in [-0.2, 0) is 9.53 Å². The summed E-state index contributed by atoms with van der Waals surface area (Å²) in [6.45, 7) is 1.96. The van der Waals surface area contributed by atoms with Gasteiger partial charge in [0, 0.05) is 57.3 Å². The number of methoxy groups -OCH3 is 1. The maximum absolute atomic E-state index is 12.5. The fraction of sp³-hybridized carbons (Fsp3) is 0.375. The van der Waals surface area contributed by atoms with Crippen LogP contribution in [0.3, 0.4) is 0 Å². The summed E-state index contributed by atoms with van der Waals surface area (Å²) in [5.41, 5.74) is 1.02. The van der Waals surface area contributed by atoms with Gasteiger partial charge in [0.2, 0.25) is 5.91 Å². The van der Waals surface area contributed by atoms with E-state index in [2.05, 4.69) is 10.1 Å². The molecule has 1 aliphatic heterocycles. The lowest BCUT2D eigenvalue weighted by Gasteiger charge is -2.34. The minimum atomic E-state index is -0.201. The quantitative estimate of drug-likeness (QED) is 0.818. The van der Waals surface area contributed by atoms with Crippen LogP contribution in [0.5, 0.6) is 0 Å². The van der Waals surface area contributed by atoms with Crippen LogP contribution in [0.25, 0.3) is 11.3 Å². The standard InChI is InChI=1S/C16H18N4O4/c1-23-11-15(21)19-5-7-20(8-6-19)16(22)13-9-14(24-18-13)12-3-2-4-17-10-12/h2-4,9-10H,5-8,11H2,1H3. The number of piperazine rings is 1. The van der Waals surface area contributed by atoms with Gasteiger partial charge in [0.1, 0.15) is 6.61 Å². The fourth-order valence-electron chi connectivity index (χ4n) is 2.56. The molecule has 3 heterocycles. The van der Waals surface area contributed by atoms with Crippen molar-refractivity contribution in [3.63, 3.8) is 0 Å². The highest BCUT2D eigenvalue weighted by molar-refractivity contribution is 5.93. The summed E-state index contributed by atoms with van der Waals surface area (Å²) in [6, 6.07) is 5.24. The lowest BCUT2D eigenvalue weighted by atomic mass is 10.2. The number of pyridine rings is 1. The lowest BCUT2D eigenvalue weighted by molar-refractivity contribution is -0.136. The van der Waals surface area contributed by atoms with E-state index in [0.29, 0.717) is 31.9 Å². The van der Waals surface area contributed by atoms with Crippen molar-refractivity contribution in [2.24, 2.45) is 0 Å². The van der Waals surface area contributed by atoms with Gasteiger partial charge in [-0.25, -0.2) is 0 Å². The van der Waals surface area contributed by atoms with Crippen LogP contribution in [0.1, 0.15) is 10.5 Å². The number of nitrogens with zero attached hydrogens (tertiary/aromatic N) is 4. The molecular weight excluding hydrogens is 312 g/mol. The minimum absolute atomic E-state index is 0.0612.